The molecule has 6 nitrogen and oxygen atoms in total. The molecule has 1 aliphatic heterocycles. The molecule has 19 heavy (non-hydrogen) atoms. The van der Waals surface area contributed by atoms with Crippen molar-refractivity contribution in [3.63, 3.8) is 0 Å². The van der Waals surface area contributed by atoms with Crippen molar-refractivity contribution in [2.75, 3.05) is 0 Å². The molecule has 0 spiro atoms. The van der Waals surface area contributed by atoms with Crippen molar-refractivity contribution in [2.24, 2.45) is 16.1 Å². The van der Waals surface area contributed by atoms with Crippen molar-refractivity contribution >= 4 is 34.6 Å². The van der Waals surface area contributed by atoms with Crippen molar-refractivity contribution < 1.29 is 9.59 Å². The summed E-state index contributed by atoms with van der Waals surface area (Å²) >= 11 is 1.55. The van der Waals surface area contributed by atoms with E-state index >= 15 is 0 Å². The molecule has 0 bridgehead atoms. The van der Waals surface area contributed by atoms with Crippen LogP contribution in [0.3, 0.4) is 0 Å². The van der Waals surface area contributed by atoms with Crippen LogP contribution in [-0.2, 0) is 9.59 Å². The molecule has 1 unspecified atom stereocenters. The molecule has 0 radical (unpaired) electrons. The fraction of sp³-hybridized carbons (Fsp3) is 0.333. The summed E-state index contributed by atoms with van der Waals surface area (Å²) in [5.74, 6) is -1.03. The van der Waals surface area contributed by atoms with Crippen LogP contribution in [0.25, 0.3) is 0 Å². The third-order valence-corrected chi connectivity index (χ3v) is 3.76. The van der Waals surface area contributed by atoms with E-state index in [9.17, 15) is 9.59 Å². The van der Waals surface area contributed by atoms with Gasteiger partial charge in [0.25, 0.3) is 0 Å². The van der Waals surface area contributed by atoms with Crippen molar-refractivity contribution in [3.8, 4) is 0 Å². The Balaban J connectivity index is 1.90. The summed E-state index contributed by atoms with van der Waals surface area (Å²) in [6, 6.07) is 3.85. The molecule has 1 aliphatic rings. The number of rotatable bonds is 4. The lowest BCUT2D eigenvalue weighted by Crippen LogP contribution is -2.29. The monoisotopic (exact) mass is 278 g/mol. The zero-order valence-corrected chi connectivity index (χ0v) is 11.5. The molecule has 2 N–H and O–H groups in total. The van der Waals surface area contributed by atoms with Gasteiger partial charge in [-0.15, -0.1) is 11.3 Å². The highest BCUT2D eigenvalue weighted by atomic mass is 32.1. The Morgan fingerprint density at radius 1 is 1.63 bits per heavy atom. The van der Waals surface area contributed by atoms with Gasteiger partial charge in [0, 0.05) is 17.0 Å². The molecule has 0 aliphatic carbocycles. The summed E-state index contributed by atoms with van der Waals surface area (Å²) in [6.07, 6.45) is 0.0579. The van der Waals surface area contributed by atoms with Crippen LogP contribution in [0.2, 0.25) is 0 Å². The molecule has 0 fully saturated rings. The summed E-state index contributed by atoms with van der Waals surface area (Å²) in [5, 5.41) is 9.75. The number of carbonyl (C=O) groups excluding carboxylic acids is 2. The number of carbonyl (C=O) groups is 2. The number of nitrogens with one attached hydrogen (secondary N) is 2. The van der Waals surface area contributed by atoms with Crippen molar-refractivity contribution in [1.82, 2.24) is 10.9 Å². The molecule has 100 valence electrons. The predicted molar refractivity (Wildman–Crippen MR) is 74.0 cm³/mol. The Morgan fingerprint density at radius 2 is 2.42 bits per heavy atom. The largest absolute Gasteiger partial charge is 0.273 e. The molecule has 1 atom stereocenters. The van der Waals surface area contributed by atoms with Gasteiger partial charge in [0.05, 0.1) is 11.6 Å². The molecular weight excluding hydrogens is 264 g/mol. The second kappa shape index (κ2) is 5.75. The number of hydrogen-bond acceptors (Lipinski definition) is 5. The summed E-state index contributed by atoms with van der Waals surface area (Å²) in [6.45, 7) is 3.54. The van der Waals surface area contributed by atoms with Gasteiger partial charge in [-0.25, -0.2) is 10.9 Å². The van der Waals surface area contributed by atoms with E-state index in [-0.39, 0.29) is 18.2 Å². The van der Waals surface area contributed by atoms with E-state index < -0.39 is 5.92 Å². The van der Waals surface area contributed by atoms with Gasteiger partial charge < -0.3 is 0 Å². The quantitative estimate of drug-likeness (QED) is 0.638. The standard InChI is InChI=1S/C12H14N4O2S/c1-7-9(12(18)16-13-7)6-11(17)15-14-8(2)10-4-3-5-19-10/h3-5,9H,6H2,1-2H3,(H,15,17)(H,16,18)/b14-8+. The first-order valence-electron chi connectivity index (χ1n) is 5.79. The molecule has 1 aromatic heterocycles. The van der Waals surface area contributed by atoms with Crippen LogP contribution in [-0.4, -0.2) is 23.2 Å². The van der Waals surface area contributed by atoms with Gasteiger partial charge in [-0.05, 0) is 25.3 Å². The van der Waals surface area contributed by atoms with E-state index in [1.807, 2.05) is 24.4 Å². The third-order valence-electron chi connectivity index (χ3n) is 2.78. The molecular formula is C12H14N4O2S. The van der Waals surface area contributed by atoms with Crippen LogP contribution in [0.15, 0.2) is 27.7 Å². The maximum atomic E-state index is 11.7. The van der Waals surface area contributed by atoms with Crippen molar-refractivity contribution in [1.29, 1.82) is 0 Å². The van der Waals surface area contributed by atoms with E-state index in [0.717, 1.165) is 10.6 Å². The van der Waals surface area contributed by atoms with Crippen LogP contribution in [0.5, 0.6) is 0 Å². The fourth-order valence-corrected chi connectivity index (χ4v) is 2.32. The normalized spacial score (nSPS) is 19.1. The highest BCUT2D eigenvalue weighted by Gasteiger charge is 2.29. The van der Waals surface area contributed by atoms with E-state index in [0.29, 0.717) is 5.71 Å². The van der Waals surface area contributed by atoms with E-state index in [2.05, 4.69) is 21.1 Å². The topological polar surface area (TPSA) is 82.9 Å². The molecule has 7 heteroatoms. The Morgan fingerprint density at radius 3 is 3.00 bits per heavy atom. The van der Waals surface area contributed by atoms with Crippen molar-refractivity contribution in [2.45, 2.75) is 20.3 Å². The smallest absolute Gasteiger partial charge is 0.249 e. The van der Waals surface area contributed by atoms with Crippen molar-refractivity contribution in [3.05, 3.63) is 22.4 Å². The molecule has 0 saturated heterocycles. The van der Waals surface area contributed by atoms with Crippen LogP contribution in [0.4, 0.5) is 0 Å². The van der Waals surface area contributed by atoms with Gasteiger partial charge in [-0.3, -0.25) is 9.59 Å². The van der Waals surface area contributed by atoms with Gasteiger partial charge >= 0.3 is 0 Å². The Kier molecular flexibility index (Phi) is 4.06. The van der Waals surface area contributed by atoms with Gasteiger partial charge in [-0.2, -0.15) is 10.2 Å². The summed E-state index contributed by atoms with van der Waals surface area (Å²) < 4.78 is 0. The second-order valence-corrected chi connectivity index (χ2v) is 5.14. The van der Waals surface area contributed by atoms with Crippen LogP contribution < -0.4 is 10.9 Å². The summed E-state index contributed by atoms with van der Waals surface area (Å²) in [4.78, 5) is 24.1. The first kappa shape index (κ1) is 13.4. The molecule has 2 rings (SSSR count). The van der Waals surface area contributed by atoms with Gasteiger partial charge in [0.1, 0.15) is 0 Å². The average molecular weight is 278 g/mol. The lowest BCUT2D eigenvalue weighted by atomic mass is 10.0. The minimum Gasteiger partial charge on any atom is -0.273 e. The number of hydrazone groups is 2. The number of nitrogens with zero attached hydrogens (tertiary/aromatic N) is 2. The van der Waals surface area contributed by atoms with Gasteiger partial charge in [0.2, 0.25) is 11.8 Å². The van der Waals surface area contributed by atoms with E-state index in [1.165, 1.54) is 0 Å². The number of hydrogen-bond donors (Lipinski definition) is 2. The maximum absolute atomic E-state index is 11.7. The molecule has 1 aromatic rings. The number of thiophene rings is 1. The van der Waals surface area contributed by atoms with E-state index in [4.69, 9.17) is 0 Å². The Bertz CT molecular complexity index is 548. The first-order chi connectivity index (χ1) is 9.08. The van der Waals surface area contributed by atoms with E-state index in [1.54, 1.807) is 18.3 Å². The lowest BCUT2D eigenvalue weighted by Gasteiger charge is -2.06. The van der Waals surface area contributed by atoms with Crippen LogP contribution in [0, 0.1) is 5.92 Å². The van der Waals surface area contributed by atoms with Crippen LogP contribution >= 0.6 is 11.3 Å². The Labute approximate surface area is 114 Å². The minimum atomic E-state index is -0.489. The van der Waals surface area contributed by atoms with Gasteiger partial charge in [-0.1, -0.05) is 6.07 Å². The average Bonchev–Trinajstić information content (AvgIpc) is 3.01. The third kappa shape index (κ3) is 3.25. The summed E-state index contributed by atoms with van der Waals surface area (Å²) in [5.41, 5.74) is 6.17. The van der Waals surface area contributed by atoms with Crippen LogP contribution in [0.1, 0.15) is 25.1 Å². The first-order valence-corrected chi connectivity index (χ1v) is 6.67. The molecule has 2 heterocycles. The van der Waals surface area contributed by atoms with Gasteiger partial charge in [0.15, 0.2) is 0 Å². The zero-order chi connectivity index (χ0) is 13.8. The number of amides is 2. The maximum Gasteiger partial charge on any atom is 0.249 e. The highest BCUT2D eigenvalue weighted by Crippen LogP contribution is 2.12. The predicted octanol–water partition coefficient (Wildman–Crippen LogP) is 1.10. The highest BCUT2D eigenvalue weighted by molar-refractivity contribution is 7.12. The zero-order valence-electron chi connectivity index (χ0n) is 10.6. The Hall–Kier alpha value is -2.02. The SMILES string of the molecule is CC1=NNC(=O)C1CC(=O)N/N=C(\C)c1cccs1. The molecule has 2 amide bonds. The fourth-order valence-electron chi connectivity index (χ4n) is 1.65. The molecule has 0 aromatic carbocycles. The second-order valence-electron chi connectivity index (χ2n) is 4.20. The molecule has 0 saturated carbocycles. The summed E-state index contributed by atoms with van der Waals surface area (Å²) in [7, 11) is 0. The minimum absolute atomic E-state index is 0.0579. The lowest BCUT2D eigenvalue weighted by molar-refractivity contribution is -0.127.